The van der Waals surface area contributed by atoms with Gasteiger partial charge in [-0.15, -0.1) is 0 Å². The second-order valence-electron chi connectivity index (χ2n) is 10.6. The van der Waals surface area contributed by atoms with Crippen LogP contribution in [0.2, 0.25) is 18.6 Å². The lowest BCUT2D eigenvalue weighted by molar-refractivity contribution is 0.0193. The molecular weight excluding hydrogens is 485 g/mol. The first-order chi connectivity index (χ1) is 17.8. The van der Waals surface area contributed by atoms with Gasteiger partial charge in [0, 0.05) is 17.8 Å². The van der Waals surface area contributed by atoms with Gasteiger partial charge in [-0.25, -0.2) is 0 Å². The molecule has 1 fully saturated rings. The molecule has 0 radical (unpaired) electrons. The van der Waals surface area contributed by atoms with E-state index in [0.29, 0.717) is 29.2 Å². The maximum atomic E-state index is 15.1. The number of benzene rings is 3. The van der Waals surface area contributed by atoms with Gasteiger partial charge in [-0.05, 0) is 80.2 Å². The first kappa shape index (κ1) is 25.6. The van der Waals surface area contributed by atoms with E-state index in [4.69, 9.17) is 9.47 Å². The van der Waals surface area contributed by atoms with E-state index in [9.17, 15) is 9.90 Å². The molecule has 0 aromatic heterocycles. The van der Waals surface area contributed by atoms with Gasteiger partial charge in [-0.3, -0.25) is 9.69 Å². The molecule has 0 saturated carbocycles. The van der Waals surface area contributed by atoms with Gasteiger partial charge in [0.1, 0.15) is 5.75 Å². The molecule has 7 heteroatoms. The van der Waals surface area contributed by atoms with Crippen molar-refractivity contribution < 1.29 is 23.5 Å². The van der Waals surface area contributed by atoms with Crippen LogP contribution >= 0.6 is 0 Å². The molecule has 5 nitrogen and oxygen atoms in total. The molecule has 37 heavy (non-hydrogen) atoms. The largest absolute Gasteiger partial charge is 0.454 e. The third-order valence-electron chi connectivity index (χ3n) is 7.64. The van der Waals surface area contributed by atoms with Crippen molar-refractivity contribution in [2.45, 2.75) is 57.0 Å². The van der Waals surface area contributed by atoms with Crippen molar-refractivity contribution in [3.8, 4) is 11.5 Å². The number of nitrogens with zero attached hydrogens (tertiary/aromatic N) is 1. The molecule has 1 saturated heterocycles. The lowest BCUT2D eigenvalue weighted by Crippen LogP contribution is -2.36. The topological polar surface area (TPSA) is 59.0 Å². The second kappa shape index (κ2) is 10.4. The zero-order valence-electron chi connectivity index (χ0n) is 21.6. The highest BCUT2D eigenvalue weighted by molar-refractivity contribution is 6.72. The van der Waals surface area contributed by atoms with E-state index in [0.717, 1.165) is 24.1 Å². The molecule has 5 rings (SSSR count). The first-order valence-corrected chi connectivity index (χ1v) is 16.0. The van der Waals surface area contributed by atoms with Crippen LogP contribution in [0.25, 0.3) is 0 Å². The summed E-state index contributed by atoms with van der Waals surface area (Å²) in [6, 6.07) is 22.8. The van der Waals surface area contributed by atoms with Crippen LogP contribution in [0.3, 0.4) is 0 Å². The Kier molecular flexibility index (Phi) is 7.21. The number of ether oxygens (including phenoxy) is 2. The summed E-state index contributed by atoms with van der Waals surface area (Å²) in [6.07, 6.45) is 1.68. The number of carbonyl (C=O) groups excluding carboxylic acids is 1. The minimum absolute atomic E-state index is 0.00527. The van der Waals surface area contributed by atoms with Gasteiger partial charge < -0.3 is 18.7 Å². The molecule has 0 aliphatic carbocycles. The highest BCUT2D eigenvalue weighted by Gasteiger charge is 2.50. The smallest absolute Gasteiger partial charge is 0.266 e. The van der Waals surface area contributed by atoms with E-state index in [1.807, 2.05) is 60.7 Å². The molecule has 0 bridgehead atoms. The Morgan fingerprint density at radius 3 is 2.43 bits per heavy atom. The highest BCUT2D eigenvalue weighted by Crippen LogP contribution is 2.47. The molecule has 2 aliphatic heterocycles. The molecule has 194 valence electrons. The standard InChI is InChI=1S/C30H34FNO4Si/c1-20-25(35-28(17-18-33)29(20)37(2,3)31)16-15-21-9-8-10-22(19-21)32-24-12-5-7-14-27(24)36-26-13-6-4-11-23(26)30(32)34/h4-14,19-20,25,28-29,33H,15-18H2,1-3H3/t20-,25+,28-,29+/m1/s1. The molecule has 0 unspecified atom stereocenters. The summed E-state index contributed by atoms with van der Waals surface area (Å²) in [5, 5.41) is 9.49. The minimum Gasteiger partial charge on any atom is -0.454 e. The van der Waals surface area contributed by atoms with Crippen LogP contribution in [0.1, 0.15) is 35.7 Å². The Morgan fingerprint density at radius 2 is 1.68 bits per heavy atom. The van der Waals surface area contributed by atoms with E-state index >= 15 is 4.11 Å². The number of amides is 1. The number of anilines is 2. The van der Waals surface area contributed by atoms with Crippen LogP contribution in [-0.4, -0.2) is 38.2 Å². The van der Waals surface area contributed by atoms with Crippen LogP contribution in [0.15, 0.2) is 72.8 Å². The summed E-state index contributed by atoms with van der Waals surface area (Å²) in [6.45, 7) is 5.57. The minimum atomic E-state index is -2.94. The van der Waals surface area contributed by atoms with Crippen molar-refractivity contribution in [2.75, 3.05) is 11.5 Å². The summed E-state index contributed by atoms with van der Waals surface area (Å²) in [5.74, 6) is 1.12. The van der Waals surface area contributed by atoms with E-state index in [1.54, 1.807) is 24.1 Å². The molecule has 0 spiro atoms. The van der Waals surface area contributed by atoms with Gasteiger partial charge in [0.15, 0.2) is 5.75 Å². The van der Waals surface area contributed by atoms with E-state index in [1.165, 1.54) is 0 Å². The maximum Gasteiger partial charge on any atom is 0.266 e. The highest BCUT2D eigenvalue weighted by atomic mass is 28.4. The van der Waals surface area contributed by atoms with Gasteiger partial charge >= 0.3 is 0 Å². The number of aryl methyl sites for hydroxylation is 1. The average molecular weight is 520 g/mol. The SMILES string of the molecule is C[C@H]1[C@H]([Si](C)(C)F)[C@@H](CCO)O[C@H]1CCc1cccc(N2C(=O)c3ccccc3Oc3ccccc32)c1. The van der Waals surface area contributed by atoms with Crippen LogP contribution < -0.4 is 9.64 Å². The van der Waals surface area contributed by atoms with Crippen molar-refractivity contribution in [1.29, 1.82) is 0 Å². The zero-order valence-corrected chi connectivity index (χ0v) is 22.6. The number of aliphatic hydroxyl groups excluding tert-OH is 1. The Balaban J connectivity index is 1.40. The van der Waals surface area contributed by atoms with Crippen molar-refractivity contribution >= 4 is 25.7 Å². The number of halogens is 1. The van der Waals surface area contributed by atoms with Gasteiger partial charge in [-0.2, -0.15) is 0 Å². The van der Waals surface area contributed by atoms with Gasteiger partial charge in [-0.1, -0.05) is 43.3 Å². The number of carbonyl (C=O) groups is 1. The summed E-state index contributed by atoms with van der Waals surface area (Å²) < 4.78 is 27.6. The van der Waals surface area contributed by atoms with Crippen molar-refractivity contribution in [1.82, 2.24) is 0 Å². The molecule has 3 aromatic rings. The molecule has 4 atom stereocenters. The number of aliphatic hydroxyl groups is 1. The summed E-state index contributed by atoms with van der Waals surface area (Å²) in [5.41, 5.74) is 2.93. The quantitative estimate of drug-likeness (QED) is 0.269. The molecule has 2 heterocycles. The van der Waals surface area contributed by atoms with Gasteiger partial charge in [0.2, 0.25) is 8.41 Å². The Morgan fingerprint density at radius 1 is 0.946 bits per heavy atom. The third kappa shape index (κ3) is 5.08. The third-order valence-corrected chi connectivity index (χ3v) is 10.1. The second-order valence-corrected chi connectivity index (χ2v) is 14.4. The number of para-hydroxylation sites is 3. The molecule has 2 aliphatic rings. The molecular formula is C30H34FNO4Si. The van der Waals surface area contributed by atoms with Gasteiger partial charge in [0.25, 0.3) is 5.91 Å². The van der Waals surface area contributed by atoms with Crippen LogP contribution in [0, 0.1) is 5.92 Å². The summed E-state index contributed by atoms with van der Waals surface area (Å²) >= 11 is 0. The lowest BCUT2D eigenvalue weighted by atomic mass is 9.95. The fraction of sp³-hybridized carbons (Fsp3) is 0.367. The van der Waals surface area contributed by atoms with Gasteiger partial charge in [0.05, 0.1) is 23.5 Å². The average Bonchev–Trinajstić information content (AvgIpc) is 3.13. The Bertz CT molecular complexity index is 1280. The summed E-state index contributed by atoms with van der Waals surface area (Å²) in [7, 11) is -2.94. The fourth-order valence-corrected chi connectivity index (χ4v) is 8.60. The van der Waals surface area contributed by atoms with Crippen molar-refractivity contribution in [3.63, 3.8) is 0 Å². The number of rotatable bonds is 7. The van der Waals surface area contributed by atoms with Crippen LogP contribution in [0.4, 0.5) is 15.5 Å². The van der Waals surface area contributed by atoms with E-state index in [-0.39, 0.29) is 36.2 Å². The van der Waals surface area contributed by atoms with E-state index < -0.39 is 8.41 Å². The molecule has 1 N–H and O–H groups in total. The predicted molar refractivity (Wildman–Crippen MR) is 146 cm³/mol. The monoisotopic (exact) mass is 519 g/mol. The van der Waals surface area contributed by atoms with E-state index in [2.05, 4.69) is 13.0 Å². The Labute approximate surface area is 219 Å². The van der Waals surface area contributed by atoms with Crippen molar-refractivity contribution in [3.05, 3.63) is 83.9 Å². The number of hydrogen-bond donors (Lipinski definition) is 1. The lowest BCUT2D eigenvalue weighted by Gasteiger charge is -2.28. The summed E-state index contributed by atoms with van der Waals surface area (Å²) in [4.78, 5) is 15.4. The number of fused-ring (bicyclic) bond motifs is 2. The fourth-order valence-electron chi connectivity index (χ4n) is 6.00. The number of hydrogen-bond acceptors (Lipinski definition) is 4. The molecule has 3 aromatic carbocycles. The molecule has 1 amide bonds. The van der Waals surface area contributed by atoms with Crippen LogP contribution in [-0.2, 0) is 11.2 Å². The van der Waals surface area contributed by atoms with Crippen molar-refractivity contribution in [2.24, 2.45) is 5.92 Å². The predicted octanol–water partition coefficient (Wildman–Crippen LogP) is 7.03. The first-order valence-electron chi connectivity index (χ1n) is 13.0. The van der Waals surface area contributed by atoms with Crippen LogP contribution in [0.5, 0.6) is 11.5 Å². The zero-order chi connectivity index (χ0) is 26.2. The maximum absolute atomic E-state index is 15.1. The normalized spacial score (nSPS) is 23.3. The Hall–Kier alpha value is -3.00.